The number of allylic oxidation sites excluding steroid dienone is 1. The topological polar surface area (TPSA) is 55.8 Å². The van der Waals surface area contributed by atoms with Crippen LogP contribution in [0.5, 0.6) is 0 Å². The number of hydrogen-bond donors (Lipinski definition) is 0. The van der Waals surface area contributed by atoms with Crippen LogP contribution in [-0.4, -0.2) is 36.2 Å². The van der Waals surface area contributed by atoms with E-state index >= 15 is 0 Å². The average Bonchev–Trinajstić information content (AvgIpc) is 2.34. The third-order valence-corrected chi connectivity index (χ3v) is 2.85. The van der Waals surface area contributed by atoms with Gasteiger partial charge in [0.15, 0.2) is 0 Å². The molecule has 0 aromatic carbocycles. The molecule has 0 radical (unpaired) electrons. The van der Waals surface area contributed by atoms with E-state index in [4.69, 9.17) is 4.74 Å². The second-order valence-corrected chi connectivity index (χ2v) is 5.68. The van der Waals surface area contributed by atoms with E-state index in [2.05, 4.69) is 4.74 Å². The van der Waals surface area contributed by atoms with Crippen LogP contribution in [0, 0.1) is 5.92 Å². The summed E-state index contributed by atoms with van der Waals surface area (Å²) in [5.74, 6) is 0.126. The molecule has 5 heteroatoms. The summed E-state index contributed by atoms with van der Waals surface area (Å²) in [6.07, 6.45) is 5.39. The number of amides is 1. The zero-order valence-corrected chi connectivity index (χ0v) is 12.1. The van der Waals surface area contributed by atoms with Crippen LogP contribution < -0.4 is 0 Å². The average molecular weight is 269 g/mol. The van der Waals surface area contributed by atoms with Crippen LogP contribution in [0.25, 0.3) is 0 Å². The molecule has 0 bridgehead atoms. The number of hydrogen-bond acceptors (Lipinski definition) is 4. The van der Waals surface area contributed by atoms with Gasteiger partial charge in [0.25, 0.3) is 0 Å². The van der Waals surface area contributed by atoms with E-state index in [1.807, 2.05) is 26.8 Å². The van der Waals surface area contributed by atoms with Crippen LogP contribution >= 0.6 is 0 Å². The number of carbonyl (C=O) groups is 2. The molecule has 108 valence electrons. The van der Waals surface area contributed by atoms with E-state index in [0.717, 1.165) is 12.8 Å². The number of esters is 1. The van der Waals surface area contributed by atoms with Crippen LogP contribution in [0.1, 0.15) is 40.0 Å². The lowest BCUT2D eigenvalue weighted by Gasteiger charge is -2.29. The Morgan fingerprint density at radius 2 is 2.05 bits per heavy atom. The molecule has 0 spiro atoms. The van der Waals surface area contributed by atoms with Gasteiger partial charge in [-0.15, -0.1) is 0 Å². The quantitative estimate of drug-likeness (QED) is 0.739. The third kappa shape index (κ3) is 5.77. The molecule has 0 N–H and O–H groups in total. The Morgan fingerprint density at radius 1 is 1.37 bits per heavy atom. The second kappa shape index (κ2) is 6.59. The van der Waals surface area contributed by atoms with Crippen LogP contribution in [0.2, 0.25) is 0 Å². The number of methoxy groups -OCH3 is 1. The van der Waals surface area contributed by atoms with Crippen molar-refractivity contribution in [3.63, 3.8) is 0 Å². The lowest BCUT2D eigenvalue weighted by Crippen LogP contribution is -2.36. The summed E-state index contributed by atoms with van der Waals surface area (Å²) in [4.78, 5) is 24.4. The molecule has 19 heavy (non-hydrogen) atoms. The van der Waals surface area contributed by atoms with Crippen molar-refractivity contribution in [2.75, 3.05) is 13.7 Å². The van der Waals surface area contributed by atoms with Crippen molar-refractivity contribution in [3.05, 3.63) is 12.3 Å². The lowest BCUT2D eigenvalue weighted by atomic mass is 9.97. The zero-order chi connectivity index (χ0) is 14.5. The predicted molar refractivity (Wildman–Crippen MR) is 71.4 cm³/mol. The van der Waals surface area contributed by atoms with Crippen molar-refractivity contribution < 1.29 is 19.1 Å². The molecule has 1 aliphatic heterocycles. The number of rotatable bonds is 3. The summed E-state index contributed by atoms with van der Waals surface area (Å²) in [6, 6.07) is 0. The van der Waals surface area contributed by atoms with Gasteiger partial charge >= 0.3 is 12.1 Å². The molecule has 0 aromatic rings. The molecule has 1 heterocycles. The highest BCUT2D eigenvalue weighted by Crippen LogP contribution is 2.21. The first-order chi connectivity index (χ1) is 8.81. The molecular weight excluding hydrogens is 246 g/mol. The Bertz CT molecular complexity index is 357. The van der Waals surface area contributed by atoms with E-state index in [1.54, 1.807) is 11.1 Å². The summed E-state index contributed by atoms with van der Waals surface area (Å²) < 4.78 is 9.90. The molecule has 1 unspecified atom stereocenters. The number of ether oxygens (including phenoxy) is 2. The molecule has 0 saturated heterocycles. The smallest absolute Gasteiger partial charge is 0.414 e. The Kier molecular flexibility index (Phi) is 5.39. The molecule has 0 aromatic heterocycles. The summed E-state index contributed by atoms with van der Waals surface area (Å²) in [6.45, 7) is 6.16. The monoisotopic (exact) mass is 269 g/mol. The zero-order valence-electron chi connectivity index (χ0n) is 12.1. The van der Waals surface area contributed by atoms with Crippen molar-refractivity contribution >= 4 is 12.1 Å². The fourth-order valence-corrected chi connectivity index (χ4v) is 1.82. The number of carbonyl (C=O) groups excluding carboxylic acids is 2. The maximum Gasteiger partial charge on any atom is 0.414 e. The maximum absolute atomic E-state index is 11.8. The highest BCUT2D eigenvalue weighted by Gasteiger charge is 2.23. The Labute approximate surface area is 114 Å². The van der Waals surface area contributed by atoms with Gasteiger partial charge in [-0.1, -0.05) is 6.08 Å². The van der Waals surface area contributed by atoms with Crippen molar-refractivity contribution in [3.8, 4) is 0 Å². The van der Waals surface area contributed by atoms with Gasteiger partial charge in [-0.25, -0.2) is 4.79 Å². The van der Waals surface area contributed by atoms with Gasteiger partial charge in [-0.2, -0.15) is 0 Å². The van der Waals surface area contributed by atoms with Crippen molar-refractivity contribution in [1.82, 2.24) is 4.90 Å². The standard InChI is InChI=1S/C14H23NO4/c1-14(2,3)19-13(17)15-9-7-11(8-10-15)5-6-12(16)18-4/h7,9,11H,5-6,8,10H2,1-4H3. The minimum absolute atomic E-state index is 0.192. The minimum atomic E-state index is -0.480. The van der Waals surface area contributed by atoms with Crippen LogP contribution in [-0.2, 0) is 14.3 Å². The van der Waals surface area contributed by atoms with Gasteiger partial charge in [0.05, 0.1) is 7.11 Å². The summed E-state index contributed by atoms with van der Waals surface area (Å²) in [5, 5.41) is 0. The van der Waals surface area contributed by atoms with Gasteiger partial charge in [-0.3, -0.25) is 9.69 Å². The fourth-order valence-electron chi connectivity index (χ4n) is 1.82. The normalized spacial score (nSPS) is 19.2. The van der Waals surface area contributed by atoms with Crippen molar-refractivity contribution in [2.45, 2.75) is 45.6 Å². The second-order valence-electron chi connectivity index (χ2n) is 5.68. The van der Waals surface area contributed by atoms with Gasteiger partial charge < -0.3 is 9.47 Å². The summed E-state index contributed by atoms with van der Waals surface area (Å²) >= 11 is 0. The first-order valence-electron chi connectivity index (χ1n) is 6.56. The third-order valence-electron chi connectivity index (χ3n) is 2.85. The molecule has 0 saturated carbocycles. The van der Waals surface area contributed by atoms with Crippen LogP contribution in [0.15, 0.2) is 12.3 Å². The number of nitrogens with zero attached hydrogens (tertiary/aromatic N) is 1. The lowest BCUT2D eigenvalue weighted by molar-refractivity contribution is -0.140. The van der Waals surface area contributed by atoms with Gasteiger partial charge in [0.1, 0.15) is 5.60 Å². The van der Waals surface area contributed by atoms with Crippen LogP contribution in [0.4, 0.5) is 4.79 Å². The first kappa shape index (κ1) is 15.5. The minimum Gasteiger partial charge on any atom is -0.469 e. The largest absolute Gasteiger partial charge is 0.469 e. The first-order valence-corrected chi connectivity index (χ1v) is 6.56. The van der Waals surface area contributed by atoms with Crippen molar-refractivity contribution in [2.24, 2.45) is 5.92 Å². The highest BCUT2D eigenvalue weighted by atomic mass is 16.6. The summed E-state index contributed by atoms with van der Waals surface area (Å²) in [5.41, 5.74) is -0.480. The molecule has 1 amide bonds. The highest BCUT2D eigenvalue weighted by molar-refractivity contribution is 5.70. The predicted octanol–water partition coefficient (Wildman–Crippen LogP) is 2.71. The Balaban J connectivity index is 2.40. The molecule has 1 atom stereocenters. The maximum atomic E-state index is 11.8. The van der Waals surface area contributed by atoms with Gasteiger partial charge in [0.2, 0.25) is 0 Å². The molecule has 1 rings (SSSR count). The molecule has 0 fully saturated rings. The van der Waals surface area contributed by atoms with E-state index in [-0.39, 0.29) is 12.1 Å². The molecular formula is C14H23NO4. The summed E-state index contributed by atoms with van der Waals surface area (Å²) in [7, 11) is 1.39. The SMILES string of the molecule is COC(=O)CCC1C=CN(C(=O)OC(C)(C)C)CC1. The molecule has 1 aliphatic rings. The van der Waals surface area contributed by atoms with E-state index in [0.29, 0.717) is 18.9 Å². The molecule has 0 aliphatic carbocycles. The van der Waals surface area contributed by atoms with E-state index < -0.39 is 5.60 Å². The fraction of sp³-hybridized carbons (Fsp3) is 0.714. The Morgan fingerprint density at radius 3 is 2.53 bits per heavy atom. The van der Waals surface area contributed by atoms with E-state index in [9.17, 15) is 9.59 Å². The van der Waals surface area contributed by atoms with Crippen LogP contribution in [0.3, 0.4) is 0 Å². The van der Waals surface area contributed by atoms with Crippen molar-refractivity contribution in [1.29, 1.82) is 0 Å². The Hall–Kier alpha value is -1.52. The van der Waals surface area contributed by atoms with Gasteiger partial charge in [-0.05, 0) is 39.5 Å². The molecule has 5 nitrogen and oxygen atoms in total. The van der Waals surface area contributed by atoms with E-state index in [1.165, 1.54) is 7.11 Å². The van der Waals surface area contributed by atoms with Gasteiger partial charge in [0, 0.05) is 19.2 Å².